The molecule has 68 valence electrons. The number of nitrogens with zero attached hydrogens (tertiary/aromatic N) is 2. The van der Waals surface area contributed by atoms with Crippen LogP contribution in [-0.2, 0) is 9.59 Å². The Morgan fingerprint density at radius 1 is 1.58 bits per heavy atom. The highest BCUT2D eigenvalue weighted by molar-refractivity contribution is 5.74. The van der Waals surface area contributed by atoms with Crippen molar-refractivity contribution in [2.24, 2.45) is 5.10 Å². The predicted molar refractivity (Wildman–Crippen MR) is 40.9 cm³/mol. The van der Waals surface area contributed by atoms with Gasteiger partial charge < -0.3 is 0 Å². The molecule has 0 aromatic rings. The van der Waals surface area contributed by atoms with Crippen LogP contribution in [0.2, 0.25) is 0 Å². The Labute approximate surface area is 70.6 Å². The van der Waals surface area contributed by atoms with Crippen molar-refractivity contribution in [3.8, 4) is 0 Å². The highest BCUT2D eigenvalue weighted by atomic mass is 16.5. The second-order valence-corrected chi connectivity index (χ2v) is 2.33. The number of rotatable bonds is 5. The third-order valence-electron chi connectivity index (χ3n) is 1.35. The number of carbonyl (C=O) groups is 1. The van der Waals surface area contributed by atoms with Gasteiger partial charge in [0.1, 0.15) is 0 Å². The van der Waals surface area contributed by atoms with E-state index in [1.165, 1.54) is 0 Å². The Morgan fingerprint density at radius 2 is 2.25 bits per heavy atom. The molecule has 0 unspecified atom stereocenters. The van der Waals surface area contributed by atoms with Crippen molar-refractivity contribution in [3.63, 3.8) is 0 Å². The molecule has 0 aliphatic carbocycles. The van der Waals surface area contributed by atoms with Crippen molar-refractivity contribution in [2.45, 2.75) is 32.6 Å². The maximum atomic E-state index is 10.8. The summed E-state index contributed by atoms with van der Waals surface area (Å²) in [7, 11) is 0. The van der Waals surface area contributed by atoms with Crippen LogP contribution in [0.25, 0.3) is 0 Å². The standard InChI is InChI=1S/C7H12N2O3/c1-2-3-4-5-7(11)9(12)8-6-10/h12H,2-5H2,1H3. The Morgan fingerprint density at radius 3 is 2.75 bits per heavy atom. The van der Waals surface area contributed by atoms with Crippen molar-refractivity contribution in [2.75, 3.05) is 0 Å². The molecule has 0 fully saturated rings. The molecule has 0 spiro atoms. The summed E-state index contributed by atoms with van der Waals surface area (Å²) in [5, 5.41) is 11.4. The maximum Gasteiger partial charge on any atom is 0.269 e. The summed E-state index contributed by atoms with van der Waals surface area (Å²) in [5.41, 5.74) is 0. The maximum absolute atomic E-state index is 10.8. The number of isocyanates is 1. The zero-order valence-electron chi connectivity index (χ0n) is 6.99. The lowest BCUT2D eigenvalue weighted by molar-refractivity contribution is -0.165. The van der Waals surface area contributed by atoms with Crippen LogP contribution >= 0.6 is 0 Å². The van der Waals surface area contributed by atoms with E-state index in [4.69, 9.17) is 5.21 Å². The fourth-order valence-corrected chi connectivity index (χ4v) is 0.721. The molecular weight excluding hydrogens is 160 g/mol. The molecule has 0 rings (SSSR count). The van der Waals surface area contributed by atoms with Gasteiger partial charge in [-0.1, -0.05) is 30.0 Å². The van der Waals surface area contributed by atoms with E-state index in [0.717, 1.165) is 18.9 Å². The summed E-state index contributed by atoms with van der Waals surface area (Å²) in [6.07, 6.45) is 3.88. The van der Waals surface area contributed by atoms with Gasteiger partial charge in [0.2, 0.25) is 0 Å². The smallest absolute Gasteiger partial charge is 0.269 e. The van der Waals surface area contributed by atoms with E-state index in [1.54, 1.807) is 0 Å². The predicted octanol–water partition coefficient (Wildman–Crippen LogP) is 1.04. The molecular formula is C7H12N2O3. The Bertz CT molecular complexity index is 187. The van der Waals surface area contributed by atoms with Gasteiger partial charge in [-0.15, -0.1) is 0 Å². The third kappa shape index (κ3) is 4.60. The number of hydrazone groups is 1. The Balaban J connectivity index is 3.64. The van der Waals surface area contributed by atoms with Gasteiger partial charge in [-0.3, -0.25) is 10.0 Å². The lowest BCUT2D eigenvalue weighted by Gasteiger charge is -2.04. The molecule has 0 aliphatic rings. The Kier molecular flexibility index (Phi) is 5.87. The van der Waals surface area contributed by atoms with E-state index < -0.39 is 5.91 Å². The first-order valence-electron chi connectivity index (χ1n) is 3.82. The van der Waals surface area contributed by atoms with Crippen LogP contribution in [0, 0.1) is 0 Å². The lowest BCUT2D eigenvalue weighted by Crippen LogP contribution is -2.20. The summed E-state index contributed by atoms with van der Waals surface area (Å²) >= 11 is 0. The van der Waals surface area contributed by atoms with E-state index in [-0.39, 0.29) is 11.6 Å². The van der Waals surface area contributed by atoms with Gasteiger partial charge in [0.15, 0.2) is 0 Å². The van der Waals surface area contributed by atoms with Crippen LogP contribution in [-0.4, -0.2) is 22.4 Å². The second-order valence-electron chi connectivity index (χ2n) is 2.33. The molecule has 0 aromatic heterocycles. The van der Waals surface area contributed by atoms with Gasteiger partial charge in [0.25, 0.3) is 12.0 Å². The summed E-state index contributed by atoms with van der Waals surface area (Å²) in [4.78, 5) is 20.4. The minimum Gasteiger partial charge on any atom is -0.270 e. The molecule has 1 N–H and O–H groups in total. The van der Waals surface area contributed by atoms with Crippen LogP contribution in [0.5, 0.6) is 0 Å². The fourth-order valence-electron chi connectivity index (χ4n) is 0.721. The molecule has 0 saturated carbocycles. The number of carbonyl (C=O) groups excluding carboxylic acids is 2. The Hall–Kier alpha value is -1.19. The molecule has 12 heavy (non-hydrogen) atoms. The van der Waals surface area contributed by atoms with Gasteiger partial charge in [-0.05, 0) is 6.42 Å². The second kappa shape index (κ2) is 6.52. The topological polar surface area (TPSA) is 70.0 Å². The zero-order valence-corrected chi connectivity index (χ0v) is 6.99. The molecule has 0 bridgehead atoms. The number of hydrogen-bond donors (Lipinski definition) is 1. The van der Waals surface area contributed by atoms with Gasteiger partial charge in [-0.25, -0.2) is 4.79 Å². The number of amides is 1. The molecule has 5 heteroatoms. The van der Waals surface area contributed by atoms with E-state index in [1.807, 2.05) is 6.92 Å². The van der Waals surface area contributed by atoms with Crippen LogP contribution < -0.4 is 0 Å². The number of hydroxylamine groups is 1. The zero-order chi connectivity index (χ0) is 9.40. The quantitative estimate of drug-likeness (QED) is 0.221. The van der Waals surface area contributed by atoms with Crippen molar-refractivity contribution < 1.29 is 14.8 Å². The molecule has 0 aromatic carbocycles. The largest absolute Gasteiger partial charge is 0.270 e. The summed E-state index contributed by atoms with van der Waals surface area (Å²) in [6.45, 7) is 2.00. The number of unbranched alkanes of at least 4 members (excludes halogenated alkanes) is 2. The molecule has 0 saturated heterocycles. The first kappa shape index (κ1) is 10.8. The average molecular weight is 172 g/mol. The molecule has 5 nitrogen and oxygen atoms in total. The molecule has 0 aliphatic heterocycles. The van der Waals surface area contributed by atoms with Gasteiger partial charge in [-0.2, -0.15) is 0 Å². The van der Waals surface area contributed by atoms with Gasteiger partial charge in [0.05, 0.1) is 0 Å². The van der Waals surface area contributed by atoms with Crippen LogP contribution in [0.4, 0.5) is 0 Å². The van der Waals surface area contributed by atoms with Crippen molar-refractivity contribution in [1.29, 1.82) is 0 Å². The SMILES string of the molecule is CCCCCC(=O)N(O)N=C=O. The van der Waals surface area contributed by atoms with Crippen LogP contribution in [0.1, 0.15) is 32.6 Å². The number of hydrogen-bond acceptors (Lipinski definition) is 4. The van der Waals surface area contributed by atoms with Gasteiger partial charge in [0, 0.05) is 6.42 Å². The normalized spacial score (nSPS) is 8.83. The summed E-state index contributed by atoms with van der Waals surface area (Å²) in [6, 6.07) is 0. The molecule has 1 amide bonds. The highest BCUT2D eigenvalue weighted by Crippen LogP contribution is 2.01. The van der Waals surface area contributed by atoms with Crippen LogP contribution in [0.15, 0.2) is 5.10 Å². The minimum absolute atomic E-state index is 0.0304. The average Bonchev–Trinajstić information content (AvgIpc) is 2.05. The van der Waals surface area contributed by atoms with Crippen molar-refractivity contribution in [1.82, 2.24) is 5.17 Å². The lowest BCUT2D eigenvalue weighted by atomic mass is 10.2. The van der Waals surface area contributed by atoms with E-state index in [9.17, 15) is 9.59 Å². The molecule has 0 atom stereocenters. The van der Waals surface area contributed by atoms with Crippen molar-refractivity contribution in [3.05, 3.63) is 0 Å². The van der Waals surface area contributed by atoms with E-state index >= 15 is 0 Å². The summed E-state index contributed by atoms with van der Waals surface area (Å²) in [5.74, 6) is -0.577. The van der Waals surface area contributed by atoms with E-state index in [0.29, 0.717) is 6.42 Å². The van der Waals surface area contributed by atoms with Crippen molar-refractivity contribution >= 4 is 12.0 Å². The molecule has 0 heterocycles. The first-order valence-corrected chi connectivity index (χ1v) is 3.82. The minimum atomic E-state index is -0.577. The third-order valence-corrected chi connectivity index (χ3v) is 1.35. The first-order chi connectivity index (χ1) is 5.72. The molecule has 0 radical (unpaired) electrons. The fraction of sp³-hybridized carbons (Fsp3) is 0.714. The monoisotopic (exact) mass is 172 g/mol. The van der Waals surface area contributed by atoms with Crippen LogP contribution in [0.3, 0.4) is 0 Å². The van der Waals surface area contributed by atoms with E-state index in [2.05, 4.69) is 5.10 Å². The highest BCUT2D eigenvalue weighted by Gasteiger charge is 2.07. The summed E-state index contributed by atoms with van der Waals surface area (Å²) < 4.78 is 0. The van der Waals surface area contributed by atoms with Gasteiger partial charge >= 0.3 is 0 Å².